The first-order chi connectivity index (χ1) is 13.8. The minimum atomic E-state index is -0.665. The van der Waals surface area contributed by atoms with E-state index in [1.54, 1.807) is 43.3 Å². The summed E-state index contributed by atoms with van der Waals surface area (Å²) in [6, 6.07) is 13.5. The van der Waals surface area contributed by atoms with Gasteiger partial charge in [0.15, 0.2) is 6.61 Å². The lowest BCUT2D eigenvalue weighted by atomic mass is 10.1. The van der Waals surface area contributed by atoms with Gasteiger partial charge in [0.05, 0.1) is 5.02 Å². The van der Waals surface area contributed by atoms with Gasteiger partial charge in [-0.15, -0.1) is 0 Å². The van der Waals surface area contributed by atoms with E-state index in [9.17, 15) is 9.59 Å². The van der Waals surface area contributed by atoms with Crippen molar-refractivity contribution in [1.82, 2.24) is 10.2 Å². The highest BCUT2D eigenvalue weighted by Gasteiger charge is 2.27. The fourth-order valence-electron chi connectivity index (χ4n) is 2.62. The van der Waals surface area contributed by atoms with Gasteiger partial charge in [-0.05, 0) is 50.1 Å². The van der Waals surface area contributed by atoms with Gasteiger partial charge in [0.2, 0.25) is 5.91 Å². The molecule has 0 saturated carbocycles. The van der Waals surface area contributed by atoms with Crippen LogP contribution in [-0.4, -0.2) is 35.4 Å². The van der Waals surface area contributed by atoms with Crippen molar-refractivity contribution < 1.29 is 14.3 Å². The molecule has 2 rings (SSSR count). The summed E-state index contributed by atoms with van der Waals surface area (Å²) in [7, 11) is 0. The second-order valence-electron chi connectivity index (χ2n) is 6.86. The number of carbonyl (C=O) groups is 2. The monoisotopic (exact) mass is 436 g/mol. The smallest absolute Gasteiger partial charge is 0.261 e. The highest BCUT2D eigenvalue weighted by Crippen LogP contribution is 2.23. The molecule has 2 aromatic rings. The number of rotatable bonds is 9. The quantitative estimate of drug-likeness (QED) is 0.619. The first kappa shape index (κ1) is 23.0. The Morgan fingerprint density at radius 1 is 1.07 bits per heavy atom. The molecule has 156 valence electrons. The Balaban J connectivity index is 2.15. The summed E-state index contributed by atoms with van der Waals surface area (Å²) in [4.78, 5) is 27.1. The first-order valence-corrected chi connectivity index (χ1v) is 10.3. The number of para-hydroxylation sites is 1. The maximum atomic E-state index is 13.0. The molecule has 0 unspecified atom stereocenters. The standard InChI is InChI=1S/C22H26Cl2N2O3/c1-4-15(2)25-22(28)16(3)26(13-17-9-11-18(23)12-10-17)21(27)14-29-20-8-6-5-7-19(20)24/h5-12,15-16H,4,13-14H2,1-3H3,(H,25,28)/t15-,16+/m0/s1. The highest BCUT2D eigenvalue weighted by molar-refractivity contribution is 6.32. The van der Waals surface area contributed by atoms with Crippen molar-refractivity contribution in [1.29, 1.82) is 0 Å². The van der Waals surface area contributed by atoms with Crippen molar-refractivity contribution in [2.75, 3.05) is 6.61 Å². The number of carbonyl (C=O) groups excluding carboxylic acids is 2. The lowest BCUT2D eigenvalue weighted by Crippen LogP contribution is -2.50. The Kier molecular flexibility index (Phi) is 8.80. The topological polar surface area (TPSA) is 58.6 Å². The van der Waals surface area contributed by atoms with Gasteiger partial charge in [0.1, 0.15) is 11.8 Å². The first-order valence-electron chi connectivity index (χ1n) is 9.53. The average molecular weight is 437 g/mol. The maximum absolute atomic E-state index is 13.0. The van der Waals surface area contributed by atoms with Gasteiger partial charge in [-0.25, -0.2) is 0 Å². The Hall–Kier alpha value is -2.24. The minimum Gasteiger partial charge on any atom is -0.482 e. The Bertz CT molecular complexity index is 827. The van der Waals surface area contributed by atoms with Crippen LogP contribution in [0.3, 0.4) is 0 Å². The molecule has 0 bridgehead atoms. The van der Waals surface area contributed by atoms with Gasteiger partial charge in [0.25, 0.3) is 5.91 Å². The van der Waals surface area contributed by atoms with Crippen LogP contribution in [0.5, 0.6) is 5.75 Å². The molecular formula is C22H26Cl2N2O3. The summed E-state index contributed by atoms with van der Waals surface area (Å²) in [5.41, 5.74) is 0.865. The molecule has 0 heterocycles. The molecule has 0 fully saturated rings. The number of benzene rings is 2. The summed E-state index contributed by atoms with van der Waals surface area (Å²) >= 11 is 12.0. The van der Waals surface area contributed by atoms with Crippen LogP contribution < -0.4 is 10.1 Å². The van der Waals surface area contributed by atoms with E-state index in [-0.39, 0.29) is 31.0 Å². The molecule has 7 heteroatoms. The molecule has 0 spiro atoms. The normalized spacial score (nSPS) is 12.7. The maximum Gasteiger partial charge on any atom is 0.261 e. The number of halogens is 2. The van der Waals surface area contributed by atoms with Crippen LogP contribution in [0, 0.1) is 0 Å². The zero-order valence-corrected chi connectivity index (χ0v) is 18.3. The van der Waals surface area contributed by atoms with Crippen molar-refractivity contribution >= 4 is 35.0 Å². The molecule has 2 amide bonds. The van der Waals surface area contributed by atoms with E-state index in [1.165, 1.54) is 4.90 Å². The van der Waals surface area contributed by atoms with Crippen molar-refractivity contribution in [2.45, 2.75) is 45.8 Å². The van der Waals surface area contributed by atoms with Gasteiger partial charge in [-0.2, -0.15) is 0 Å². The lowest BCUT2D eigenvalue weighted by molar-refractivity contribution is -0.142. The highest BCUT2D eigenvalue weighted by atomic mass is 35.5. The molecule has 1 N–H and O–H groups in total. The van der Waals surface area contributed by atoms with Crippen LogP contribution in [0.2, 0.25) is 10.0 Å². The van der Waals surface area contributed by atoms with Crippen molar-refractivity contribution in [3.8, 4) is 5.75 Å². The molecule has 29 heavy (non-hydrogen) atoms. The molecule has 0 aliphatic heterocycles. The second kappa shape index (κ2) is 11.1. The largest absolute Gasteiger partial charge is 0.482 e. The SMILES string of the molecule is CC[C@H](C)NC(=O)[C@@H](C)N(Cc1ccc(Cl)cc1)C(=O)COc1ccccc1Cl. The van der Waals surface area contributed by atoms with Gasteiger partial charge in [0, 0.05) is 17.6 Å². The fraction of sp³-hybridized carbons (Fsp3) is 0.364. The van der Waals surface area contributed by atoms with Crippen molar-refractivity contribution in [3.05, 3.63) is 64.1 Å². The third-order valence-electron chi connectivity index (χ3n) is 4.62. The van der Waals surface area contributed by atoms with E-state index in [0.29, 0.717) is 15.8 Å². The van der Waals surface area contributed by atoms with E-state index in [1.807, 2.05) is 26.0 Å². The predicted octanol–water partition coefficient (Wildman–Crippen LogP) is 4.70. The number of ether oxygens (including phenoxy) is 1. The fourth-order valence-corrected chi connectivity index (χ4v) is 2.94. The summed E-state index contributed by atoms with van der Waals surface area (Å²) in [6.07, 6.45) is 0.805. The van der Waals surface area contributed by atoms with Crippen LogP contribution in [-0.2, 0) is 16.1 Å². The van der Waals surface area contributed by atoms with Crippen molar-refractivity contribution in [2.24, 2.45) is 0 Å². The number of hydrogen-bond acceptors (Lipinski definition) is 3. The summed E-state index contributed by atoms with van der Waals surface area (Å²) < 4.78 is 5.59. The Morgan fingerprint density at radius 2 is 1.72 bits per heavy atom. The summed E-state index contributed by atoms with van der Waals surface area (Å²) in [5.74, 6) is -0.100. The number of nitrogens with one attached hydrogen (secondary N) is 1. The van der Waals surface area contributed by atoms with Gasteiger partial charge in [-0.1, -0.05) is 54.4 Å². The predicted molar refractivity (Wildman–Crippen MR) is 116 cm³/mol. The lowest BCUT2D eigenvalue weighted by Gasteiger charge is -2.29. The second-order valence-corrected chi connectivity index (χ2v) is 7.70. The number of nitrogens with zero attached hydrogens (tertiary/aromatic N) is 1. The molecule has 0 aliphatic rings. The minimum absolute atomic E-state index is 0.0248. The van der Waals surface area contributed by atoms with Gasteiger partial charge >= 0.3 is 0 Å². The number of hydrogen-bond donors (Lipinski definition) is 1. The van der Waals surface area contributed by atoms with E-state index >= 15 is 0 Å². The summed E-state index contributed by atoms with van der Waals surface area (Å²) in [6.45, 7) is 5.66. The van der Waals surface area contributed by atoms with Crippen LogP contribution in [0.25, 0.3) is 0 Å². The molecule has 2 atom stereocenters. The third kappa shape index (κ3) is 6.94. The zero-order valence-electron chi connectivity index (χ0n) is 16.8. The van der Waals surface area contributed by atoms with E-state index in [4.69, 9.17) is 27.9 Å². The molecular weight excluding hydrogens is 411 g/mol. The van der Waals surface area contributed by atoms with Crippen LogP contribution >= 0.6 is 23.2 Å². The summed E-state index contributed by atoms with van der Waals surface area (Å²) in [5, 5.41) is 3.96. The van der Waals surface area contributed by atoms with Crippen LogP contribution in [0.4, 0.5) is 0 Å². The average Bonchev–Trinajstić information content (AvgIpc) is 2.71. The van der Waals surface area contributed by atoms with E-state index in [2.05, 4.69) is 5.32 Å². The van der Waals surface area contributed by atoms with E-state index < -0.39 is 6.04 Å². The van der Waals surface area contributed by atoms with Crippen LogP contribution in [0.15, 0.2) is 48.5 Å². The molecule has 5 nitrogen and oxygen atoms in total. The van der Waals surface area contributed by atoms with Crippen molar-refractivity contribution in [3.63, 3.8) is 0 Å². The Morgan fingerprint density at radius 3 is 2.34 bits per heavy atom. The molecule has 2 aromatic carbocycles. The molecule has 0 saturated heterocycles. The molecule has 0 aromatic heterocycles. The van der Waals surface area contributed by atoms with Crippen LogP contribution in [0.1, 0.15) is 32.8 Å². The van der Waals surface area contributed by atoms with E-state index in [0.717, 1.165) is 12.0 Å². The number of amides is 2. The van der Waals surface area contributed by atoms with Gasteiger partial charge in [-0.3, -0.25) is 9.59 Å². The zero-order chi connectivity index (χ0) is 21.4. The van der Waals surface area contributed by atoms with Gasteiger partial charge < -0.3 is 15.0 Å². The Labute approximate surface area is 181 Å². The molecule has 0 radical (unpaired) electrons. The third-order valence-corrected chi connectivity index (χ3v) is 5.19. The molecule has 0 aliphatic carbocycles.